The molecule has 1 amide bonds. The molecule has 1 heterocycles. The Morgan fingerprint density at radius 2 is 1.81 bits per heavy atom. The molecular weight excluding hydrogens is 454 g/mol. The van der Waals surface area contributed by atoms with Crippen LogP contribution in [0, 0.1) is 5.82 Å². The number of aliphatic hydroxyl groups excluding tert-OH is 1. The first-order chi connectivity index (χ1) is 15.0. The number of alkyl halides is 3. The van der Waals surface area contributed by atoms with Crippen molar-refractivity contribution in [2.24, 2.45) is 0 Å². The van der Waals surface area contributed by atoms with Crippen molar-refractivity contribution in [1.29, 1.82) is 0 Å². The van der Waals surface area contributed by atoms with Gasteiger partial charge in [-0.1, -0.05) is 29.8 Å². The van der Waals surface area contributed by atoms with Gasteiger partial charge in [-0.2, -0.15) is 23.0 Å². The Hall–Kier alpha value is -3.24. The Bertz CT molecular complexity index is 1190. The number of nitrogens with zero attached hydrogens (tertiary/aromatic N) is 2. The largest absolute Gasteiger partial charge is 0.411 e. The summed E-state index contributed by atoms with van der Waals surface area (Å²) in [6.45, 7) is 0.856. The summed E-state index contributed by atoms with van der Waals surface area (Å²) in [7, 11) is 0. The summed E-state index contributed by atoms with van der Waals surface area (Å²) in [5.41, 5.74) is -1.34. The SMILES string of the molecule is C[C@H](O)[C@@H](NC(=O)c1cc(-c2ccc(Cl)cc2)nn(-c2cccc(F)c2)c1=O)C(F)(F)F. The molecule has 0 aliphatic carbocycles. The lowest BCUT2D eigenvalue weighted by atomic mass is 10.1. The number of benzene rings is 2. The zero-order valence-electron chi connectivity index (χ0n) is 16.4. The lowest BCUT2D eigenvalue weighted by Gasteiger charge is -2.24. The molecule has 0 fully saturated rings. The minimum Gasteiger partial charge on any atom is -0.391 e. The van der Waals surface area contributed by atoms with E-state index in [0.717, 1.165) is 25.1 Å². The summed E-state index contributed by atoms with van der Waals surface area (Å²) in [4.78, 5) is 25.6. The van der Waals surface area contributed by atoms with E-state index >= 15 is 0 Å². The summed E-state index contributed by atoms with van der Waals surface area (Å²) >= 11 is 5.87. The molecule has 0 radical (unpaired) electrons. The number of aromatic nitrogens is 2. The molecule has 1 aromatic heterocycles. The van der Waals surface area contributed by atoms with E-state index in [1.165, 1.54) is 36.4 Å². The van der Waals surface area contributed by atoms with Crippen LogP contribution in [0.15, 0.2) is 59.4 Å². The number of rotatable bonds is 5. The van der Waals surface area contributed by atoms with Crippen LogP contribution in [0.3, 0.4) is 0 Å². The molecule has 0 bridgehead atoms. The molecule has 0 unspecified atom stereocenters. The van der Waals surface area contributed by atoms with Crippen molar-refractivity contribution in [2.75, 3.05) is 0 Å². The number of aliphatic hydroxyl groups is 1. The van der Waals surface area contributed by atoms with Crippen molar-refractivity contribution in [3.63, 3.8) is 0 Å². The Labute approximate surface area is 184 Å². The Morgan fingerprint density at radius 3 is 2.38 bits per heavy atom. The van der Waals surface area contributed by atoms with Gasteiger partial charge in [0.1, 0.15) is 11.4 Å². The molecule has 0 spiro atoms. The van der Waals surface area contributed by atoms with Crippen LogP contribution >= 0.6 is 11.6 Å². The first-order valence-corrected chi connectivity index (χ1v) is 9.57. The lowest BCUT2D eigenvalue weighted by Crippen LogP contribution is -2.52. The van der Waals surface area contributed by atoms with Gasteiger partial charge in [0.15, 0.2) is 6.04 Å². The minimum absolute atomic E-state index is 0.0391. The molecule has 3 aromatic rings. The fraction of sp³-hybridized carbons (Fsp3) is 0.190. The number of carbonyl (C=O) groups is 1. The predicted molar refractivity (Wildman–Crippen MR) is 109 cm³/mol. The Kier molecular flexibility index (Phi) is 6.65. The van der Waals surface area contributed by atoms with Gasteiger partial charge in [0.05, 0.1) is 17.5 Å². The molecule has 11 heteroatoms. The second-order valence-electron chi connectivity index (χ2n) is 6.88. The van der Waals surface area contributed by atoms with Gasteiger partial charge in [0.25, 0.3) is 11.5 Å². The molecule has 0 saturated carbocycles. The summed E-state index contributed by atoms with van der Waals surface area (Å²) in [6, 6.07) is 9.27. The zero-order valence-corrected chi connectivity index (χ0v) is 17.2. The molecule has 32 heavy (non-hydrogen) atoms. The topological polar surface area (TPSA) is 84.2 Å². The second-order valence-corrected chi connectivity index (χ2v) is 7.32. The van der Waals surface area contributed by atoms with Crippen LogP contribution in [-0.2, 0) is 0 Å². The minimum atomic E-state index is -4.96. The average molecular weight is 470 g/mol. The number of halogens is 5. The maximum atomic E-state index is 13.7. The third-order valence-electron chi connectivity index (χ3n) is 4.47. The first-order valence-electron chi connectivity index (χ1n) is 9.19. The van der Waals surface area contributed by atoms with E-state index in [-0.39, 0.29) is 11.4 Å². The van der Waals surface area contributed by atoms with Crippen LogP contribution in [0.25, 0.3) is 16.9 Å². The maximum absolute atomic E-state index is 13.7. The molecule has 2 N–H and O–H groups in total. The normalized spacial score (nSPS) is 13.5. The number of nitrogens with one attached hydrogen (secondary N) is 1. The molecular formula is C21H16ClF4N3O3. The molecule has 2 aromatic carbocycles. The van der Waals surface area contributed by atoms with Crippen molar-refractivity contribution < 1.29 is 27.5 Å². The third-order valence-corrected chi connectivity index (χ3v) is 4.72. The van der Waals surface area contributed by atoms with Crippen LogP contribution in [0.1, 0.15) is 17.3 Å². The van der Waals surface area contributed by atoms with Gasteiger partial charge in [0, 0.05) is 10.6 Å². The van der Waals surface area contributed by atoms with Gasteiger partial charge in [-0.15, -0.1) is 0 Å². The molecule has 168 valence electrons. The fourth-order valence-electron chi connectivity index (χ4n) is 2.90. The fourth-order valence-corrected chi connectivity index (χ4v) is 3.02. The van der Waals surface area contributed by atoms with E-state index in [4.69, 9.17) is 11.6 Å². The van der Waals surface area contributed by atoms with Crippen molar-refractivity contribution in [1.82, 2.24) is 15.1 Å². The van der Waals surface area contributed by atoms with Crippen molar-refractivity contribution >= 4 is 17.5 Å². The molecule has 0 aliphatic heterocycles. The van der Waals surface area contributed by atoms with Crippen molar-refractivity contribution in [3.8, 4) is 16.9 Å². The molecule has 0 saturated heterocycles. The van der Waals surface area contributed by atoms with Gasteiger partial charge in [-0.3, -0.25) is 9.59 Å². The highest BCUT2D eigenvalue weighted by atomic mass is 35.5. The van der Waals surface area contributed by atoms with Crippen LogP contribution in [-0.4, -0.2) is 39.1 Å². The molecule has 6 nitrogen and oxygen atoms in total. The number of hydrogen-bond donors (Lipinski definition) is 2. The van der Waals surface area contributed by atoms with Gasteiger partial charge in [-0.05, 0) is 43.3 Å². The van der Waals surface area contributed by atoms with E-state index in [2.05, 4.69) is 5.10 Å². The van der Waals surface area contributed by atoms with E-state index in [0.29, 0.717) is 15.3 Å². The Balaban J connectivity index is 2.17. The summed E-state index contributed by atoms with van der Waals surface area (Å²) in [6.07, 6.45) is -6.93. The quantitative estimate of drug-likeness (QED) is 0.558. The maximum Gasteiger partial charge on any atom is 0.411 e. The highest BCUT2D eigenvalue weighted by Crippen LogP contribution is 2.24. The smallest absolute Gasteiger partial charge is 0.391 e. The van der Waals surface area contributed by atoms with Gasteiger partial charge < -0.3 is 10.4 Å². The monoisotopic (exact) mass is 469 g/mol. The molecule has 0 aliphatic rings. The number of carbonyl (C=O) groups excluding carboxylic acids is 1. The molecule has 2 atom stereocenters. The van der Waals surface area contributed by atoms with Crippen molar-refractivity contribution in [2.45, 2.75) is 25.2 Å². The third kappa shape index (κ3) is 5.14. The highest BCUT2D eigenvalue weighted by molar-refractivity contribution is 6.30. The molecule has 3 rings (SSSR count). The van der Waals surface area contributed by atoms with E-state index in [1.54, 1.807) is 5.32 Å². The van der Waals surface area contributed by atoms with E-state index in [1.807, 2.05) is 0 Å². The van der Waals surface area contributed by atoms with Gasteiger partial charge in [-0.25, -0.2) is 4.39 Å². The van der Waals surface area contributed by atoms with Crippen molar-refractivity contribution in [3.05, 3.63) is 81.4 Å². The first kappa shape index (κ1) is 23.4. The van der Waals surface area contributed by atoms with Crippen LogP contribution in [0.4, 0.5) is 17.6 Å². The summed E-state index contributed by atoms with van der Waals surface area (Å²) in [5, 5.41) is 15.6. The van der Waals surface area contributed by atoms with Gasteiger partial charge in [0.2, 0.25) is 0 Å². The standard InChI is InChI=1S/C21H16ClF4N3O3/c1-11(30)18(21(24,25)26)27-19(31)16-10-17(12-5-7-13(22)8-6-12)28-29(20(16)32)15-4-2-3-14(23)9-15/h2-11,18,30H,1H3,(H,27,31)/t11-,18+/m0/s1. The van der Waals surface area contributed by atoms with E-state index < -0.39 is 41.2 Å². The van der Waals surface area contributed by atoms with E-state index in [9.17, 15) is 32.3 Å². The van der Waals surface area contributed by atoms with Crippen LogP contribution in [0.2, 0.25) is 5.02 Å². The lowest BCUT2D eigenvalue weighted by molar-refractivity contribution is -0.172. The summed E-state index contributed by atoms with van der Waals surface area (Å²) < 4.78 is 54.0. The van der Waals surface area contributed by atoms with Crippen LogP contribution in [0.5, 0.6) is 0 Å². The zero-order chi connectivity index (χ0) is 23.6. The Morgan fingerprint density at radius 1 is 1.16 bits per heavy atom. The highest BCUT2D eigenvalue weighted by Gasteiger charge is 2.44. The predicted octanol–water partition coefficient (Wildman–Crippen LogP) is 3.73. The number of hydrogen-bond acceptors (Lipinski definition) is 4. The average Bonchev–Trinajstić information content (AvgIpc) is 2.71. The number of amides is 1. The summed E-state index contributed by atoms with van der Waals surface area (Å²) in [5.74, 6) is -2.06. The second kappa shape index (κ2) is 9.09. The van der Waals surface area contributed by atoms with Gasteiger partial charge >= 0.3 is 6.18 Å². The van der Waals surface area contributed by atoms with Crippen LogP contribution < -0.4 is 10.9 Å².